The van der Waals surface area contributed by atoms with E-state index in [9.17, 15) is 0 Å². The molecule has 2 saturated heterocycles. The zero-order valence-electron chi connectivity index (χ0n) is 13.8. The van der Waals surface area contributed by atoms with Crippen molar-refractivity contribution in [3.8, 4) is 0 Å². The van der Waals surface area contributed by atoms with Crippen molar-refractivity contribution in [2.24, 2.45) is 5.92 Å². The number of piperidine rings is 1. The standard InChI is InChI=1S/C17H29N5/c1-3-16-13(2)17(21-20-16)19-14-7-10-22(11-8-14)12-15-6-4-5-9-18-15/h4-6,9,13-14,16-17,19-21H,3,7-8,10-12H2,1-2H3. The molecule has 2 aliphatic heterocycles. The molecule has 0 amide bonds. The lowest BCUT2D eigenvalue weighted by Crippen LogP contribution is -2.51. The van der Waals surface area contributed by atoms with E-state index in [0.29, 0.717) is 24.2 Å². The fourth-order valence-electron chi connectivity index (χ4n) is 3.59. The molecule has 3 rings (SSSR count). The Morgan fingerprint density at radius 2 is 2.09 bits per heavy atom. The third-order valence-corrected chi connectivity index (χ3v) is 5.14. The van der Waals surface area contributed by atoms with Gasteiger partial charge in [-0.15, -0.1) is 0 Å². The van der Waals surface area contributed by atoms with Gasteiger partial charge in [-0.05, 0) is 31.4 Å². The van der Waals surface area contributed by atoms with Gasteiger partial charge in [0.2, 0.25) is 0 Å². The van der Waals surface area contributed by atoms with Crippen LogP contribution in [0.15, 0.2) is 24.4 Å². The van der Waals surface area contributed by atoms with Gasteiger partial charge in [-0.1, -0.05) is 19.9 Å². The number of hydrogen-bond acceptors (Lipinski definition) is 5. The van der Waals surface area contributed by atoms with Crippen LogP contribution in [0.2, 0.25) is 0 Å². The summed E-state index contributed by atoms with van der Waals surface area (Å²) < 4.78 is 0. The summed E-state index contributed by atoms with van der Waals surface area (Å²) in [5, 5.41) is 3.80. The van der Waals surface area contributed by atoms with Gasteiger partial charge in [0.05, 0.1) is 11.9 Å². The van der Waals surface area contributed by atoms with E-state index in [4.69, 9.17) is 0 Å². The molecule has 1 aromatic heterocycles. The highest BCUT2D eigenvalue weighted by atomic mass is 15.5. The molecular weight excluding hydrogens is 274 g/mol. The van der Waals surface area contributed by atoms with E-state index in [1.165, 1.54) is 25.0 Å². The predicted molar refractivity (Wildman–Crippen MR) is 89.0 cm³/mol. The second kappa shape index (κ2) is 7.51. The summed E-state index contributed by atoms with van der Waals surface area (Å²) in [6, 6.07) is 7.37. The van der Waals surface area contributed by atoms with Crippen molar-refractivity contribution < 1.29 is 0 Å². The molecule has 3 N–H and O–H groups in total. The fourth-order valence-corrected chi connectivity index (χ4v) is 3.59. The van der Waals surface area contributed by atoms with E-state index in [1.807, 2.05) is 12.3 Å². The molecule has 3 unspecified atom stereocenters. The molecule has 0 aromatic carbocycles. The molecular formula is C17H29N5. The number of aromatic nitrogens is 1. The quantitative estimate of drug-likeness (QED) is 0.769. The lowest BCUT2D eigenvalue weighted by molar-refractivity contribution is 0.174. The number of likely N-dealkylation sites (tertiary alicyclic amines) is 1. The Kier molecular flexibility index (Phi) is 5.41. The van der Waals surface area contributed by atoms with Crippen molar-refractivity contribution in [1.29, 1.82) is 0 Å². The molecule has 0 spiro atoms. The van der Waals surface area contributed by atoms with Gasteiger partial charge in [-0.25, -0.2) is 5.43 Å². The van der Waals surface area contributed by atoms with E-state index in [0.717, 1.165) is 19.6 Å². The molecule has 0 bridgehead atoms. The summed E-state index contributed by atoms with van der Waals surface area (Å²) >= 11 is 0. The van der Waals surface area contributed by atoms with Crippen LogP contribution in [0.25, 0.3) is 0 Å². The molecule has 22 heavy (non-hydrogen) atoms. The molecule has 0 saturated carbocycles. The van der Waals surface area contributed by atoms with Gasteiger partial charge in [0.25, 0.3) is 0 Å². The van der Waals surface area contributed by atoms with Crippen LogP contribution in [0.4, 0.5) is 0 Å². The van der Waals surface area contributed by atoms with E-state index in [1.54, 1.807) is 0 Å². The van der Waals surface area contributed by atoms with Crippen LogP contribution >= 0.6 is 0 Å². The van der Waals surface area contributed by atoms with Crippen molar-refractivity contribution in [3.63, 3.8) is 0 Å². The maximum Gasteiger partial charge on any atom is 0.0747 e. The number of hydrogen-bond donors (Lipinski definition) is 3. The second-order valence-corrected chi connectivity index (χ2v) is 6.68. The third-order valence-electron chi connectivity index (χ3n) is 5.14. The average Bonchev–Trinajstić information content (AvgIpc) is 2.90. The zero-order chi connectivity index (χ0) is 15.4. The highest BCUT2D eigenvalue weighted by Gasteiger charge is 2.32. The van der Waals surface area contributed by atoms with E-state index in [-0.39, 0.29) is 0 Å². The average molecular weight is 303 g/mol. The minimum absolute atomic E-state index is 0.400. The highest BCUT2D eigenvalue weighted by Crippen LogP contribution is 2.18. The van der Waals surface area contributed by atoms with Gasteiger partial charge in [0.15, 0.2) is 0 Å². The van der Waals surface area contributed by atoms with Crippen LogP contribution in [0.3, 0.4) is 0 Å². The first-order valence-electron chi connectivity index (χ1n) is 8.65. The summed E-state index contributed by atoms with van der Waals surface area (Å²) in [6.45, 7) is 7.86. The lowest BCUT2D eigenvalue weighted by Gasteiger charge is -2.34. The molecule has 2 fully saturated rings. The van der Waals surface area contributed by atoms with Crippen LogP contribution < -0.4 is 16.2 Å². The Balaban J connectivity index is 1.42. The van der Waals surface area contributed by atoms with Gasteiger partial charge in [0, 0.05) is 43.8 Å². The van der Waals surface area contributed by atoms with Crippen LogP contribution in [0.1, 0.15) is 38.8 Å². The summed E-state index contributed by atoms with van der Waals surface area (Å²) in [4.78, 5) is 6.94. The smallest absolute Gasteiger partial charge is 0.0747 e. The van der Waals surface area contributed by atoms with Gasteiger partial charge >= 0.3 is 0 Å². The van der Waals surface area contributed by atoms with Gasteiger partial charge in [-0.2, -0.15) is 0 Å². The van der Waals surface area contributed by atoms with Gasteiger partial charge < -0.3 is 0 Å². The van der Waals surface area contributed by atoms with Crippen LogP contribution in [0, 0.1) is 5.92 Å². The summed E-state index contributed by atoms with van der Waals surface area (Å²) in [5.74, 6) is 0.636. The summed E-state index contributed by atoms with van der Waals surface area (Å²) in [5.41, 5.74) is 8.00. The van der Waals surface area contributed by atoms with E-state index in [2.05, 4.69) is 52.0 Å². The predicted octanol–water partition coefficient (Wildman–Crippen LogP) is 1.48. The summed E-state index contributed by atoms with van der Waals surface area (Å²) in [7, 11) is 0. The Morgan fingerprint density at radius 3 is 2.73 bits per heavy atom. The Hall–Kier alpha value is -1.01. The molecule has 0 aliphatic carbocycles. The largest absolute Gasteiger partial charge is 0.298 e. The number of pyridine rings is 1. The maximum atomic E-state index is 4.43. The second-order valence-electron chi connectivity index (χ2n) is 6.68. The zero-order valence-corrected chi connectivity index (χ0v) is 13.8. The third kappa shape index (κ3) is 3.84. The molecule has 5 nitrogen and oxygen atoms in total. The first-order chi connectivity index (χ1) is 10.8. The summed E-state index contributed by atoms with van der Waals surface area (Å²) in [6.07, 6.45) is 5.89. The van der Waals surface area contributed by atoms with Crippen LogP contribution in [0.5, 0.6) is 0 Å². The van der Waals surface area contributed by atoms with Crippen LogP contribution in [-0.2, 0) is 6.54 Å². The molecule has 5 heteroatoms. The first kappa shape index (κ1) is 15.9. The topological polar surface area (TPSA) is 52.2 Å². The molecule has 122 valence electrons. The normalized spacial score (nSPS) is 30.7. The minimum atomic E-state index is 0.400. The molecule has 3 atom stereocenters. The molecule has 0 radical (unpaired) electrons. The Labute approximate surface area is 133 Å². The highest BCUT2D eigenvalue weighted by molar-refractivity contribution is 5.03. The maximum absolute atomic E-state index is 4.43. The Morgan fingerprint density at radius 1 is 1.27 bits per heavy atom. The van der Waals surface area contributed by atoms with Crippen LogP contribution in [-0.4, -0.2) is 41.2 Å². The lowest BCUT2D eigenvalue weighted by atomic mass is 9.97. The van der Waals surface area contributed by atoms with Gasteiger partial charge in [0.1, 0.15) is 0 Å². The number of nitrogens with one attached hydrogen (secondary N) is 3. The van der Waals surface area contributed by atoms with Crippen molar-refractivity contribution in [2.75, 3.05) is 13.1 Å². The fraction of sp³-hybridized carbons (Fsp3) is 0.706. The van der Waals surface area contributed by atoms with E-state index >= 15 is 0 Å². The Bertz CT molecular complexity index is 444. The van der Waals surface area contributed by atoms with Crippen molar-refractivity contribution in [2.45, 2.75) is 57.9 Å². The van der Waals surface area contributed by atoms with Gasteiger partial charge in [-0.3, -0.25) is 20.6 Å². The van der Waals surface area contributed by atoms with Crippen molar-refractivity contribution in [1.82, 2.24) is 26.1 Å². The molecule has 2 aliphatic rings. The number of nitrogens with zero attached hydrogens (tertiary/aromatic N) is 2. The molecule has 3 heterocycles. The number of rotatable bonds is 5. The minimum Gasteiger partial charge on any atom is -0.298 e. The number of hydrazine groups is 1. The molecule has 1 aromatic rings. The van der Waals surface area contributed by atoms with E-state index < -0.39 is 0 Å². The first-order valence-corrected chi connectivity index (χ1v) is 8.65. The monoisotopic (exact) mass is 303 g/mol. The van der Waals surface area contributed by atoms with Crippen molar-refractivity contribution in [3.05, 3.63) is 30.1 Å². The van der Waals surface area contributed by atoms with Crippen molar-refractivity contribution >= 4 is 0 Å². The SMILES string of the molecule is CCC1NNC(NC2CCN(Cc3ccccn3)CC2)C1C.